The van der Waals surface area contributed by atoms with Gasteiger partial charge in [-0.25, -0.2) is 9.18 Å². The molecule has 2 heterocycles. The number of carbonyl (C=O) groups is 1. The van der Waals surface area contributed by atoms with Gasteiger partial charge in [0, 0.05) is 18.2 Å². The Morgan fingerprint density at radius 2 is 2.00 bits per heavy atom. The topological polar surface area (TPSA) is 64.9 Å². The number of urea groups is 1. The van der Waals surface area contributed by atoms with Gasteiger partial charge in [-0.2, -0.15) is 6.20 Å². The van der Waals surface area contributed by atoms with Gasteiger partial charge in [-0.15, -0.1) is 0 Å². The lowest BCUT2D eigenvalue weighted by atomic mass is 9.91. The van der Waals surface area contributed by atoms with Gasteiger partial charge in [0.25, 0.3) is 0 Å². The second-order valence-corrected chi connectivity index (χ2v) is 6.79. The van der Waals surface area contributed by atoms with Gasteiger partial charge in [-0.05, 0) is 42.1 Å². The van der Waals surface area contributed by atoms with Crippen LogP contribution in [0, 0.1) is 5.82 Å². The maximum Gasteiger partial charge on any atom is 0.321 e. The third kappa shape index (κ3) is 3.63. The molecule has 0 aliphatic carbocycles. The fourth-order valence-corrected chi connectivity index (χ4v) is 3.74. The van der Waals surface area contributed by atoms with E-state index in [0.717, 1.165) is 11.1 Å². The van der Waals surface area contributed by atoms with E-state index in [1.807, 2.05) is 30.4 Å². The largest absolute Gasteiger partial charge is 0.668 e. The minimum absolute atomic E-state index is 0.0354. The number of amides is 2. The van der Waals surface area contributed by atoms with Crippen molar-refractivity contribution in [2.75, 3.05) is 26.1 Å². The third-order valence-electron chi connectivity index (χ3n) is 5.12. The lowest BCUT2D eigenvalue weighted by molar-refractivity contribution is 0.214. The molecule has 7 heteroatoms. The highest BCUT2D eigenvalue weighted by atomic mass is 19.1. The van der Waals surface area contributed by atoms with Gasteiger partial charge in [-0.3, -0.25) is 0 Å². The zero-order valence-corrected chi connectivity index (χ0v) is 16.1. The Hall–Kier alpha value is -3.48. The Morgan fingerprint density at radius 3 is 2.76 bits per heavy atom. The fourth-order valence-electron chi connectivity index (χ4n) is 3.74. The zero-order chi connectivity index (χ0) is 20.4. The van der Waals surface area contributed by atoms with E-state index < -0.39 is 12.0 Å². The quantitative estimate of drug-likeness (QED) is 0.822. The van der Waals surface area contributed by atoms with Crippen LogP contribution in [-0.4, -0.2) is 37.9 Å². The van der Waals surface area contributed by atoms with Crippen LogP contribution >= 0.6 is 0 Å². The lowest BCUT2D eigenvalue weighted by Crippen LogP contribution is -2.38. The molecule has 1 N–H and O–H groups in total. The summed E-state index contributed by atoms with van der Waals surface area (Å²) in [6, 6.07) is 11.3. The predicted octanol–water partition coefficient (Wildman–Crippen LogP) is 4.63. The van der Waals surface area contributed by atoms with E-state index in [1.54, 1.807) is 37.5 Å². The SMILES string of the molecule is COc1ccc(C2CN(C(=O)Nc3cccc(F)c3)C3[N-]C=CC=C23)cc1OC. The van der Waals surface area contributed by atoms with E-state index >= 15 is 0 Å². The molecular formula is C22H21FN3O3-. The fraction of sp³-hybridized carbons (Fsp3) is 0.227. The summed E-state index contributed by atoms with van der Waals surface area (Å²) >= 11 is 0. The molecule has 0 saturated carbocycles. The number of anilines is 1. The van der Waals surface area contributed by atoms with Crippen molar-refractivity contribution in [3.8, 4) is 11.5 Å². The molecule has 0 bridgehead atoms. The van der Waals surface area contributed by atoms with Crippen molar-refractivity contribution in [1.29, 1.82) is 0 Å². The molecule has 2 aromatic carbocycles. The number of allylic oxidation sites excluding steroid dienone is 2. The van der Waals surface area contributed by atoms with Crippen LogP contribution in [-0.2, 0) is 0 Å². The number of hydrogen-bond donors (Lipinski definition) is 1. The van der Waals surface area contributed by atoms with Crippen LogP contribution in [0.15, 0.2) is 66.4 Å². The first-order valence-electron chi connectivity index (χ1n) is 9.22. The smallest absolute Gasteiger partial charge is 0.321 e. The van der Waals surface area contributed by atoms with Crippen molar-refractivity contribution < 1.29 is 18.7 Å². The normalized spacial score (nSPS) is 19.8. The lowest BCUT2D eigenvalue weighted by Gasteiger charge is -2.37. The van der Waals surface area contributed by atoms with Crippen molar-refractivity contribution >= 4 is 11.7 Å². The molecule has 6 nitrogen and oxygen atoms in total. The van der Waals surface area contributed by atoms with Gasteiger partial charge in [0.1, 0.15) is 5.82 Å². The molecule has 29 heavy (non-hydrogen) atoms. The number of nitrogens with zero attached hydrogens (tertiary/aromatic N) is 2. The number of methoxy groups -OCH3 is 2. The van der Waals surface area contributed by atoms with Crippen molar-refractivity contribution in [2.24, 2.45) is 0 Å². The average molecular weight is 394 g/mol. The number of ether oxygens (including phenoxy) is 2. The van der Waals surface area contributed by atoms with Crippen LogP contribution in [0.4, 0.5) is 14.9 Å². The number of carbonyl (C=O) groups excluding carboxylic acids is 1. The summed E-state index contributed by atoms with van der Waals surface area (Å²) < 4.78 is 24.2. The molecule has 2 aliphatic rings. The molecule has 2 aliphatic heterocycles. The molecule has 0 radical (unpaired) electrons. The summed E-state index contributed by atoms with van der Waals surface area (Å²) in [5.41, 5.74) is 2.43. The van der Waals surface area contributed by atoms with Crippen molar-refractivity contribution in [3.63, 3.8) is 0 Å². The summed E-state index contributed by atoms with van der Waals surface area (Å²) in [5.74, 6) is 0.840. The number of likely N-dealkylation sites (tertiary alicyclic amines) is 1. The van der Waals surface area contributed by atoms with Gasteiger partial charge >= 0.3 is 6.03 Å². The summed E-state index contributed by atoms with van der Waals surface area (Å²) in [5, 5.41) is 7.25. The summed E-state index contributed by atoms with van der Waals surface area (Å²) in [6.45, 7) is 0.443. The number of hydrogen-bond acceptors (Lipinski definition) is 3. The van der Waals surface area contributed by atoms with Gasteiger partial charge in [0.2, 0.25) is 0 Å². The second kappa shape index (κ2) is 7.87. The van der Waals surface area contributed by atoms with E-state index in [0.29, 0.717) is 23.7 Å². The number of fused-ring (bicyclic) bond motifs is 1. The molecule has 0 aromatic heterocycles. The van der Waals surface area contributed by atoms with Crippen LogP contribution in [0.25, 0.3) is 5.32 Å². The second-order valence-electron chi connectivity index (χ2n) is 6.79. The molecule has 0 spiro atoms. The van der Waals surface area contributed by atoms with Gasteiger partial charge in [0.05, 0.1) is 14.2 Å². The van der Waals surface area contributed by atoms with E-state index in [-0.39, 0.29) is 11.9 Å². The van der Waals surface area contributed by atoms with Gasteiger partial charge in [-0.1, -0.05) is 29.9 Å². The summed E-state index contributed by atoms with van der Waals surface area (Å²) in [4.78, 5) is 14.6. The monoisotopic (exact) mass is 394 g/mol. The molecular weight excluding hydrogens is 373 g/mol. The minimum Gasteiger partial charge on any atom is -0.668 e. The Morgan fingerprint density at radius 1 is 1.17 bits per heavy atom. The minimum atomic E-state index is -0.404. The Bertz CT molecular complexity index is 989. The highest BCUT2D eigenvalue weighted by Crippen LogP contribution is 2.43. The van der Waals surface area contributed by atoms with Crippen LogP contribution in [0.2, 0.25) is 0 Å². The van der Waals surface area contributed by atoms with E-state index in [2.05, 4.69) is 10.6 Å². The number of rotatable bonds is 4. The van der Waals surface area contributed by atoms with Crippen LogP contribution in [0.5, 0.6) is 11.5 Å². The summed E-state index contributed by atoms with van der Waals surface area (Å²) in [6.07, 6.45) is 5.15. The number of benzene rings is 2. The maximum atomic E-state index is 13.5. The first-order chi connectivity index (χ1) is 14.1. The van der Waals surface area contributed by atoms with Crippen LogP contribution < -0.4 is 14.8 Å². The van der Waals surface area contributed by atoms with Crippen LogP contribution in [0.3, 0.4) is 0 Å². The van der Waals surface area contributed by atoms with Gasteiger partial charge < -0.3 is 25.0 Å². The first kappa shape index (κ1) is 18.9. The van der Waals surface area contributed by atoms with Crippen molar-refractivity contribution in [2.45, 2.75) is 12.1 Å². The predicted molar refractivity (Wildman–Crippen MR) is 109 cm³/mol. The molecule has 2 atom stereocenters. The average Bonchev–Trinajstić information content (AvgIpc) is 3.13. The zero-order valence-electron chi connectivity index (χ0n) is 16.1. The molecule has 2 amide bonds. The third-order valence-corrected chi connectivity index (χ3v) is 5.12. The molecule has 4 rings (SSSR count). The van der Waals surface area contributed by atoms with E-state index in [1.165, 1.54) is 12.1 Å². The Labute approximate surface area is 168 Å². The van der Waals surface area contributed by atoms with Crippen LogP contribution in [0.1, 0.15) is 11.5 Å². The molecule has 150 valence electrons. The number of nitrogens with one attached hydrogen (secondary N) is 1. The molecule has 2 unspecified atom stereocenters. The van der Waals surface area contributed by atoms with Crippen molar-refractivity contribution in [3.05, 3.63) is 83.1 Å². The highest BCUT2D eigenvalue weighted by Gasteiger charge is 2.36. The number of halogens is 1. The van der Waals surface area contributed by atoms with E-state index in [4.69, 9.17) is 9.47 Å². The molecule has 1 fully saturated rings. The Kier molecular flexibility index (Phi) is 5.12. The van der Waals surface area contributed by atoms with E-state index in [9.17, 15) is 9.18 Å². The highest BCUT2D eigenvalue weighted by molar-refractivity contribution is 5.90. The van der Waals surface area contributed by atoms with Gasteiger partial charge in [0.15, 0.2) is 11.5 Å². The Balaban J connectivity index is 1.61. The standard InChI is InChI=1S/C22H21FN3O3/c1-28-19-9-8-14(11-20(19)29-2)18-13-26(21-17(18)7-4-10-24-21)22(27)25-16-6-3-5-15(23)12-16/h3-12,18,21H,13H2,1-2H3,(H,25,27)/q-1. The maximum absolute atomic E-state index is 13.5. The molecule has 1 saturated heterocycles. The first-order valence-corrected chi connectivity index (χ1v) is 9.22. The molecule has 2 aromatic rings. The van der Waals surface area contributed by atoms with Crippen molar-refractivity contribution in [1.82, 2.24) is 4.90 Å². The summed E-state index contributed by atoms with van der Waals surface area (Å²) in [7, 11) is 3.19.